The molecule has 2 aliphatic rings. The molecule has 2 fully saturated rings. The molecule has 1 aliphatic heterocycles. The second-order valence-electron chi connectivity index (χ2n) is 5.99. The molecule has 0 radical (unpaired) electrons. The summed E-state index contributed by atoms with van der Waals surface area (Å²) in [6.45, 7) is 6.22. The average Bonchev–Trinajstić information content (AvgIpc) is 3.24. The van der Waals surface area contributed by atoms with Gasteiger partial charge < -0.3 is 5.32 Å². The highest BCUT2D eigenvalue weighted by molar-refractivity contribution is 5.85. The van der Waals surface area contributed by atoms with Crippen molar-refractivity contribution in [2.75, 3.05) is 26.2 Å². The minimum absolute atomic E-state index is 0. The molecule has 0 amide bonds. The molecule has 112 valence electrons. The topological polar surface area (TPSA) is 15.3 Å². The molecular weight excluding hydrogens is 275 g/mol. The van der Waals surface area contributed by atoms with Crippen molar-refractivity contribution in [3.63, 3.8) is 0 Å². The van der Waals surface area contributed by atoms with Crippen LogP contribution in [0.1, 0.15) is 36.4 Å². The van der Waals surface area contributed by atoms with E-state index >= 15 is 0 Å². The third-order valence-electron chi connectivity index (χ3n) is 4.41. The van der Waals surface area contributed by atoms with Crippen LogP contribution in [0.25, 0.3) is 0 Å². The van der Waals surface area contributed by atoms with Crippen molar-refractivity contribution in [3.05, 3.63) is 35.1 Å². The van der Waals surface area contributed by atoms with Gasteiger partial charge in [-0.15, -0.1) is 12.4 Å². The highest BCUT2D eigenvalue weighted by Crippen LogP contribution is 2.40. The Morgan fingerprint density at radius 3 is 2.60 bits per heavy atom. The summed E-state index contributed by atoms with van der Waals surface area (Å²) < 4.78 is 13.5. The highest BCUT2D eigenvalue weighted by Gasteiger charge is 2.30. The molecule has 1 heterocycles. The summed E-state index contributed by atoms with van der Waals surface area (Å²) in [7, 11) is 0. The quantitative estimate of drug-likeness (QED) is 0.917. The van der Waals surface area contributed by atoms with E-state index in [2.05, 4.69) is 10.2 Å². The van der Waals surface area contributed by atoms with E-state index in [1.807, 2.05) is 19.1 Å². The zero-order valence-electron chi connectivity index (χ0n) is 12.1. The number of piperazine rings is 1. The van der Waals surface area contributed by atoms with Crippen LogP contribution < -0.4 is 5.32 Å². The van der Waals surface area contributed by atoms with Gasteiger partial charge in [0.2, 0.25) is 0 Å². The standard InChI is InChI=1S/C16H23FN2.ClH/c1-12-10-14(4-5-15(12)17)16(11-13-2-3-13)19-8-6-18-7-9-19;/h4-5,10,13,16,18H,2-3,6-9,11H2,1H3;1H/t16-;/m0./s1. The monoisotopic (exact) mass is 298 g/mol. The van der Waals surface area contributed by atoms with Crippen molar-refractivity contribution in [2.24, 2.45) is 5.92 Å². The molecule has 1 saturated carbocycles. The third-order valence-corrected chi connectivity index (χ3v) is 4.41. The SMILES string of the molecule is Cc1cc([C@H](CC2CC2)N2CCNCC2)ccc1F.Cl. The van der Waals surface area contributed by atoms with Gasteiger partial charge in [-0.05, 0) is 36.5 Å². The smallest absolute Gasteiger partial charge is 0.126 e. The lowest BCUT2D eigenvalue weighted by Crippen LogP contribution is -2.45. The van der Waals surface area contributed by atoms with E-state index < -0.39 is 0 Å². The van der Waals surface area contributed by atoms with E-state index in [0.717, 1.165) is 37.7 Å². The summed E-state index contributed by atoms with van der Waals surface area (Å²) in [4.78, 5) is 2.57. The van der Waals surface area contributed by atoms with Gasteiger partial charge in [-0.2, -0.15) is 0 Å². The zero-order chi connectivity index (χ0) is 13.2. The third kappa shape index (κ3) is 3.72. The Kier molecular flexibility index (Phi) is 5.42. The minimum Gasteiger partial charge on any atom is -0.314 e. The Labute approximate surface area is 127 Å². The number of aryl methyl sites for hydroxylation is 1. The van der Waals surface area contributed by atoms with Crippen LogP contribution in [-0.4, -0.2) is 31.1 Å². The zero-order valence-corrected chi connectivity index (χ0v) is 12.9. The summed E-state index contributed by atoms with van der Waals surface area (Å²) in [5, 5.41) is 3.41. The van der Waals surface area contributed by atoms with E-state index in [4.69, 9.17) is 0 Å². The van der Waals surface area contributed by atoms with Gasteiger partial charge in [0.15, 0.2) is 0 Å². The van der Waals surface area contributed by atoms with Gasteiger partial charge in [0, 0.05) is 32.2 Å². The number of nitrogens with zero attached hydrogens (tertiary/aromatic N) is 1. The van der Waals surface area contributed by atoms with E-state index in [1.54, 1.807) is 6.07 Å². The number of hydrogen-bond donors (Lipinski definition) is 1. The minimum atomic E-state index is -0.0887. The molecule has 0 aromatic heterocycles. The lowest BCUT2D eigenvalue weighted by Gasteiger charge is -2.35. The Morgan fingerprint density at radius 2 is 2.00 bits per heavy atom. The van der Waals surface area contributed by atoms with Crippen molar-refractivity contribution in [3.8, 4) is 0 Å². The maximum absolute atomic E-state index is 13.5. The lowest BCUT2D eigenvalue weighted by molar-refractivity contribution is 0.160. The van der Waals surface area contributed by atoms with Gasteiger partial charge in [0.25, 0.3) is 0 Å². The van der Waals surface area contributed by atoms with E-state index in [-0.39, 0.29) is 18.2 Å². The van der Waals surface area contributed by atoms with Crippen LogP contribution in [0.5, 0.6) is 0 Å². The fraction of sp³-hybridized carbons (Fsp3) is 0.625. The number of halogens is 2. The van der Waals surface area contributed by atoms with Crippen molar-refractivity contribution in [1.82, 2.24) is 10.2 Å². The van der Waals surface area contributed by atoms with Crippen molar-refractivity contribution in [1.29, 1.82) is 0 Å². The molecule has 2 nitrogen and oxygen atoms in total. The summed E-state index contributed by atoms with van der Waals surface area (Å²) in [5.74, 6) is 0.805. The Balaban J connectivity index is 0.00000147. The summed E-state index contributed by atoms with van der Waals surface area (Å²) >= 11 is 0. The van der Waals surface area contributed by atoms with Crippen LogP contribution in [0, 0.1) is 18.7 Å². The second-order valence-corrected chi connectivity index (χ2v) is 5.99. The first-order valence-corrected chi connectivity index (χ1v) is 7.45. The molecule has 0 bridgehead atoms. The molecule has 0 unspecified atom stereocenters. The van der Waals surface area contributed by atoms with E-state index in [0.29, 0.717) is 6.04 Å². The molecule has 1 aromatic carbocycles. The predicted molar refractivity (Wildman–Crippen MR) is 82.9 cm³/mol. The number of benzene rings is 1. The molecule has 1 aromatic rings. The molecule has 1 N–H and O–H groups in total. The van der Waals surface area contributed by atoms with Crippen LogP contribution in [0.4, 0.5) is 4.39 Å². The normalized spacial score (nSPS) is 21.3. The molecule has 1 saturated heterocycles. The number of hydrogen-bond acceptors (Lipinski definition) is 2. The van der Waals surface area contributed by atoms with E-state index in [1.165, 1.54) is 24.8 Å². The van der Waals surface area contributed by atoms with Crippen LogP contribution in [0.15, 0.2) is 18.2 Å². The van der Waals surface area contributed by atoms with Crippen LogP contribution in [0.3, 0.4) is 0 Å². The number of nitrogens with one attached hydrogen (secondary N) is 1. The summed E-state index contributed by atoms with van der Waals surface area (Å²) in [5.41, 5.74) is 2.07. The van der Waals surface area contributed by atoms with Crippen LogP contribution in [-0.2, 0) is 0 Å². The Bertz CT molecular complexity index is 442. The second kappa shape index (κ2) is 6.88. The van der Waals surface area contributed by atoms with Gasteiger partial charge >= 0.3 is 0 Å². The molecule has 4 heteroatoms. The number of rotatable bonds is 4. The summed E-state index contributed by atoms with van der Waals surface area (Å²) in [6, 6.07) is 6.14. The van der Waals surface area contributed by atoms with Gasteiger partial charge in [-0.1, -0.05) is 25.0 Å². The Hall–Kier alpha value is -0.640. The molecule has 20 heavy (non-hydrogen) atoms. The first-order chi connectivity index (χ1) is 9.24. The Morgan fingerprint density at radius 1 is 1.30 bits per heavy atom. The predicted octanol–water partition coefficient (Wildman–Crippen LogP) is 3.30. The first-order valence-electron chi connectivity index (χ1n) is 7.45. The van der Waals surface area contributed by atoms with Gasteiger partial charge in [0.1, 0.15) is 5.82 Å². The highest BCUT2D eigenvalue weighted by atomic mass is 35.5. The molecule has 0 spiro atoms. The van der Waals surface area contributed by atoms with Crippen LogP contribution in [0.2, 0.25) is 0 Å². The molecule has 1 aliphatic carbocycles. The van der Waals surface area contributed by atoms with Crippen LogP contribution >= 0.6 is 12.4 Å². The first kappa shape index (κ1) is 15.7. The fourth-order valence-electron chi connectivity index (χ4n) is 3.03. The van der Waals surface area contributed by atoms with Crippen molar-refractivity contribution in [2.45, 2.75) is 32.2 Å². The molecular formula is C16H24ClFN2. The van der Waals surface area contributed by atoms with Gasteiger partial charge in [-0.25, -0.2) is 4.39 Å². The molecule has 1 atom stereocenters. The van der Waals surface area contributed by atoms with E-state index in [9.17, 15) is 4.39 Å². The van der Waals surface area contributed by atoms with Gasteiger partial charge in [-0.3, -0.25) is 4.90 Å². The fourth-order valence-corrected chi connectivity index (χ4v) is 3.03. The van der Waals surface area contributed by atoms with Gasteiger partial charge in [0.05, 0.1) is 0 Å². The largest absolute Gasteiger partial charge is 0.314 e. The maximum Gasteiger partial charge on any atom is 0.126 e. The van der Waals surface area contributed by atoms with Crippen molar-refractivity contribution >= 4 is 12.4 Å². The lowest BCUT2D eigenvalue weighted by atomic mass is 9.97. The summed E-state index contributed by atoms with van der Waals surface area (Å²) in [6.07, 6.45) is 4.00. The average molecular weight is 299 g/mol. The van der Waals surface area contributed by atoms with Crippen molar-refractivity contribution < 1.29 is 4.39 Å². The maximum atomic E-state index is 13.5. The molecule has 3 rings (SSSR count).